The van der Waals surface area contributed by atoms with Crippen molar-refractivity contribution in [2.24, 2.45) is 0 Å². The van der Waals surface area contributed by atoms with Gasteiger partial charge in [0.1, 0.15) is 0 Å². The van der Waals surface area contributed by atoms with Crippen LogP contribution in [0.3, 0.4) is 0 Å². The van der Waals surface area contributed by atoms with E-state index in [2.05, 4.69) is 0 Å². The average molecular weight is 303 g/mol. The second-order valence-electron chi connectivity index (χ2n) is 0. The normalized spacial score (nSPS) is 0. The zero-order chi connectivity index (χ0) is 0. The first-order valence-corrected chi connectivity index (χ1v) is 0. The van der Waals surface area contributed by atoms with E-state index in [0.717, 1.165) is 0 Å². The summed E-state index contributed by atoms with van der Waals surface area (Å²) in [4.78, 5) is 0. The van der Waals surface area contributed by atoms with Crippen molar-refractivity contribution in [3.8, 4) is 0 Å². The van der Waals surface area contributed by atoms with Crippen LogP contribution in [0.15, 0.2) is 0 Å². The van der Waals surface area contributed by atoms with Crippen LogP contribution in [0.1, 0.15) is 0 Å². The topological polar surface area (TPSA) is 85.5 Å². The minimum Gasteiger partial charge on any atom is -2.00 e. The molecule has 0 N–H and O–H groups in total. The van der Waals surface area contributed by atoms with Gasteiger partial charge in [-0.1, -0.05) is 0 Å². The van der Waals surface area contributed by atoms with E-state index in [1.165, 1.54) is 0 Å². The molecule has 16 radical (unpaired) electrons. The molecule has 0 saturated heterocycles. The number of hydrogen-bond acceptors (Lipinski definition) is 0. The molecule has 0 amide bonds. The van der Waals surface area contributed by atoms with Gasteiger partial charge in [0, 0.05) is 57.1 Å². The molecular weight excluding hydrogens is 303 g/mol. The van der Waals surface area contributed by atoms with E-state index in [1.54, 1.807) is 0 Å². The summed E-state index contributed by atoms with van der Waals surface area (Å²) >= 11 is 0. The maximum absolute atomic E-state index is 0. The molecule has 0 atom stereocenters. The molecule has 0 unspecified atom stereocenters. The maximum Gasteiger partial charge on any atom is 3.00 e. The average Bonchev–Trinajstić information content (AvgIpc) is 0. The van der Waals surface area contributed by atoms with Crippen LogP contribution in [-0.2, 0) is 16.4 Å². The van der Waals surface area contributed by atoms with E-state index in [4.69, 9.17) is 0 Å². The zero-order valence-corrected chi connectivity index (χ0v) is 12.9. The molecule has 9 heteroatoms. The Hall–Kier alpha value is 2.46. The van der Waals surface area contributed by atoms with E-state index in [9.17, 15) is 0 Å². The Morgan fingerprint density at radius 1 is 0.444 bits per heavy atom. The van der Waals surface area contributed by atoms with Gasteiger partial charge in [0.05, 0.1) is 0 Å². The molecule has 0 rings (SSSR count). The van der Waals surface area contributed by atoms with Gasteiger partial charge in [-0.3, -0.25) is 0 Å². The van der Waals surface area contributed by atoms with Crippen molar-refractivity contribution in [3.63, 3.8) is 0 Å². The fraction of sp³-hybridized carbons (Fsp3) is 0. The van der Waals surface area contributed by atoms with Crippen molar-refractivity contribution in [1.29, 1.82) is 0 Å². The Labute approximate surface area is 107 Å². The molecule has 0 aromatic rings. The molecule has 3 nitrogen and oxygen atoms in total. The smallest absolute Gasteiger partial charge is 2.00 e. The quantitative estimate of drug-likeness (QED) is 0.438. The molecule has 0 aliphatic rings. The van der Waals surface area contributed by atoms with E-state index in [1.807, 2.05) is 0 Å². The summed E-state index contributed by atoms with van der Waals surface area (Å²) in [6, 6.07) is 0. The van der Waals surface area contributed by atoms with Crippen molar-refractivity contribution in [3.05, 3.63) is 0 Å². The third kappa shape index (κ3) is 123. The molecule has 9 heavy (non-hydrogen) atoms. The van der Waals surface area contributed by atoms with Crippen LogP contribution >= 0.6 is 0 Å². The predicted octanol–water partition coefficient (Wildman–Crippen LogP) is -2.64. The summed E-state index contributed by atoms with van der Waals surface area (Å²) in [7, 11) is 0. The van der Waals surface area contributed by atoms with Crippen LogP contribution in [0.5, 0.6) is 0 Å². The van der Waals surface area contributed by atoms with Crippen molar-refractivity contribution in [2.45, 2.75) is 0 Å². The van der Waals surface area contributed by atoms with Crippen molar-refractivity contribution >= 4 is 91.8 Å². The zero-order valence-electron chi connectivity index (χ0n) is 4.38. The molecule has 0 bridgehead atoms. The van der Waals surface area contributed by atoms with E-state index < -0.39 is 0 Å². The molecule has 0 saturated carbocycles. The minimum absolute atomic E-state index is 0. The van der Waals surface area contributed by atoms with Gasteiger partial charge in [0.25, 0.3) is 0 Å². The van der Waals surface area contributed by atoms with Gasteiger partial charge in [-0.25, -0.2) is 0 Å². The third-order valence-electron chi connectivity index (χ3n) is 0. The van der Waals surface area contributed by atoms with E-state index in [-0.39, 0.29) is 108 Å². The molecular formula is Al2Ge2O3Si2. The van der Waals surface area contributed by atoms with Crippen LogP contribution in [0.25, 0.3) is 0 Å². The Bertz CT molecular complexity index is 17.8. The minimum atomic E-state index is 0. The summed E-state index contributed by atoms with van der Waals surface area (Å²) in [6.45, 7) is 0. The molecule has 0 aromatic heterocycles. The second-order valence-corrected chi connectivity index (χ2v) is 0. The summed E-state index contributed by atoms with van der Waals surface area (Å²) in [5.74, 6) is 0. The standard InChI is InChI=1S/2Al.2Ge.3O.2Si/q2*+3;;;3*-2;;. The van der Waals surface area contributed by atoms with E-state index >= 15 is 0 Å². The first-order valence-electron chi connectivity index (χ1n) is 0. The van der Waals surface area contributed by atoms with Gasteiger partial charge in [-0.2, -0.15) is 0 Å². The predicted molar refractivity (Wildman–Crippen MR) is 36.6 cm³/mol. The maximum atomic E-state index is 0. The van der Waals surface area contributed by atoms with Gasteiger partial charge in [0.2, 0.25) is 0 Å². The van der Waals surface area contributed by atoms with Crippen molar-refractivity contribution < 1.29 is 16.4 Å². The summed E-state index contributed by atoms with van der Waals surface area (Å²) in [5.41, 5.74) is 0. The Kier molecular flexibility index (Phi) is 3540. The van der Waals surface area contributed by atoms with Crippen LogP contribution in [0, 0.1) is 0 Å². The van der Waals surface area contributed by atoms with Gasteiger partial charge in [-0.05, 0) is 0 Å². The monoisotopic (exact) mass is 306 g/mol. The van der Waals surface area contributed by atoms with Crippen LogP contribution in [-0.4, -0.2) is 91.8 Å². The number of rotatable bonds is 0. The van der Waals surface area contributed by atoms with Gasteiger partial charge in [0.15, 0.2) is 0 Å². The number of hydrogen-bond donors (Lipinski definition) is 0. The summed E-state index contributed by atoms with van der Waals surface area (Å²) < 4.78 is 0. The molecule has 0 aliphatic heterocycles. The Balaban J connectivity index is 0. The van der Waals surface area contributed by atoms with Crippen LogP contribution in [0.4, 0.5) is 0 Å². The second kappa shape index (κ2) is 154. The van der Waals surface area contributed by atoms with Crippen LogP contribution < -0.4 is 0 Å². The van der Waals surface area contributed by atoms with Gasteiger partial charge < -0.3 is 16.4 Å². The molecule has 0 fully saturated rings. The van der Waals surface area contributed by atoms with Crippen LogP contribution in [0.2, 0.25) is 0 Å². The van der Waals surface area contributed by atoms with Gasteiger partial charge in [-0.15, -0.1) is 0 Å². The Morgan fingerprint density at radius 3 is 0.444 bits per heavy atom. The molecule has 0 aromatic carbocycles. The molecule has 0 heterocycles. The van der Waals surface area contributed by atoms with Crippen molar-refractivity contribution in [1.82, 2.24) is 0 Å². The summed E-state index contributed by atoms with van der Waals surface area (Å²) in [6.07, 6.45) is 0. The fourth-order valence-corrected chi connectivity index (χ4v) is 0. The fourth-order valence-electron chi connectivity index (χ4n) is 0. The first kappa shape index (κ1) is 207. The third-order valence-corrected chi connectivity index (χ3v) is 0. The molecule has 0 spiro atoms. The Morgan fingerprint density at radius 2 is 0.444 bits per heavy atom. The van der Waals surface area contributed by atoms with Gasteiger partial charge >= 0.3 is 34.7 Å². The van der Waals surface area contributed by atoms with Crippen molar-refractivity contribution in [2.75, 3.05) is 0 Å². The largest absolute Gasteiger partial charge is 3.00 e. The SMILES string of the molecule is [Al+3].[Al+3].[Ge].[Ge].[O-2].[O-2].[O-2].[Si].[Si]. The molecule has 40 valence electrons. The summed E-state index contributed by atoms with van der Waals surface area (Å²) in [5, 5.41) is 0. The molecule has 0 aliphatic carbocycles. The van der Waals surface area contributed by atoms with E-state index in [0.29, 0.717) is 0 Å². The first-order chi connectivity index (χ1) is 0.